The third kappa shape index (κ3) is 2.34. The highest BCUT2D eigenvalue weighted by Gasteiger charge is 2.07. The summed E-state index contributed by atoms with van der Waals surface area (Å²) in [6.45, 7) is 2.06. The van der Waals surface area contributed by atoms with Crippen molar-refractivity contribution >= 4 is 5.69 Å². The minimum atomic E-state index is 0.162. The molecule has 0 aliphatic rings. The number of rotatable bonds is 3. The molecule has 0 bridgehead atoms. The Labute approximate surface area is 94.5 Å². The van der Waals surface area contributed by atoms with E-state index in [1.54, 1.807) is 16.8 Å². The molecule has 1 heterocycles. The Morgan fingerprint density at radius 3 is 2.88 bits per heavy atom. The Balaban J connectivity index is 2.10. The van der Waals surface area contributed by atoms with E-state index in [9.17, 15) is 5.11 Å². The first-order valence-electron chi connectivity index (χ1n) is 5.19. The molecule has 2 N–H and O–H groups in total. The van der Waals surface area contributed by atoms with E-state index in [1.807, 2.05) is 31.6 Å². The number of aryl methyl sites for hydroxylation is 1. The van der Waals surface area contributed by atoms with Gasteiger partial charge in [0.05, 0.1) is 12.2 Å². The molecule has 1 atom stereocenters. The smallest absolute Gasteiger partial charge is 0.117 e. The van der Waals surface area contributed by atoms with Gasteiger partial charge in [-0.3, -0.25) is 4.68 Å². The summed E-state index contributed by atoms with van der Waals surface area (Å²) >= 11 is 0. The van der Waals surface area contributed by atoms with Crippen molar-refractivity contribution in [1.82, 2.24) is 9.78 Å². The van der Waals surface area contributed by atoms with E-state index < -0.39 is 0 Å². The van der Waals surface area contributed by atoms with Crippen LogP contribution in [0.5, 0.6) is 5.75 Å². The van der Waals surface area contributed by atoms with Gasteiger partial charge < -0.3 is 10.4 Å². The van der Waals surface area contributed by atoms with Crippen LogP contribution in [0.1, 0.15) is 18.5 Å². The van der Waals surface area contributed by atoms with Crippen molar-refractivity contribution < 1.29 is 5.11 Å². The summed E-state index contributed by atoms with van der Waals surface area (Å²) in [7, 11) is 1.89. The number of nitrogens with one attached hydrogen (secondary N) is 1. The van der Waals surface area contributed by atoms with Gasteiger partial charge in [0.15, 0.2) is 0 Å². The zero-order chi connectivity index (χ0) is 11.5. The van der Waals surface area contributed by atoms with Gasteiger partial charge in [0.1, 0.15) is 5.75 Å². The van der Waals surface area contributed by atoms with Gasteiger partial charge in [-0.2, -0.15) is 5.10 Å². The first-order valence-corrected chi connectivity index (χ1v) is 5.19. The highest BCUT2D eigenvalue weighted by molar-refractivity contribution is 5.49. The van der Waals surface area contributed by atoms with Crippen LogP contribution in [0.15, 0.2) is 36.7 Å². The summed E-state index contributed by atoms with van der Waals surface area (Å²) in [5.41, 5.74) is 2.02. The third-order valence-corrected chi connectivity index (χ3v) is 2.45. The van der Waals surface area contributed by atoms with Gasteiger partial charge in [-0.1, -0.05) is 6.07 Å². The molecule has 0 spiro atoms. The normalized spacial score (nSPS) is 12.4. The maximum absolute atomic E-state index is 9.34. The SMILES string of the molecule is CC(Nc1cccc(O)c1)c1cnn(C)c1. The molecular formula is C12H15N3O. The van der Waals surface area contributed by atoms with Gasteiger partial charge in [0.2, 0.25) is 0 Å². The minimum absolute atomic E-state index is 0.162. The maximum atomic E-state index is 9.34. The lowest BCUT2D eigenvalue weighted by Crippen LogP contribution is -2.05. The summed E-state index contributed by atoms with van der Waals surface area (Å²) in [6, 6.07) is 7.25. The van der Waals surface area contributed by atoms with Crippen LogP contribution in [-0.4, -0.2) is 14.9 Å². The second kappa shape index (κ2) is 4.26. The molecule has 0 saturated heterocycles. The average molecular weight is 217 g/mol. The van der Waals surface area contributed by atoms with E-state index in [-0.39, 0.29) is 11.8 Å². The van der Waals surface area contributed by atoms with E-state index in [0.29, 0.717) is 0 Å². The topological polar surface area (TPSA) is 50.1 Å². The zero-order valence-corrected chi connectivity index (χ0v) is 9.38. The van der Waals surface area contributed by atoms with Crippen LogP contribution < -0.4 is 5.32 Å². The molecule has 4 nitrogen and oxygen atoms in total. The number of nitrogens with zero attached hydrogens (tertiary/aromatic N) is 2. The van der Waals surface area contributed by atoms with Crippen molar-refractivity contribution in [2.24, 2.45) is 7.05 Å². The fourth-order valence-corrected chi connectivity index (χ4v) is 1.59. The Hall–Kier alpha value is -1.97. The number of phenolic OH excluding ortho intramolecular Hbond substituents is 1. The Morgan fingerprint density at radius 1 is 1.44 bits per heavy atom. The number of aromatic hydroxyl groups is 1. The molecule has 4 heteroatoms. The minimum Gasteiger partial charge on any atom is -0.508 e. The molecule has 0 radical (unpaired) electrons. The van der Waals surface area contributed by atoms with E-state index in [0.717, 1.165) is 11.3 Å². The summed E-state index contributed by atoms with van der Waals surface area (Å²) in [4.78, 5) is 0. The van der Waals surface area contributed by atoms with Gasteiger partial charge in [0, 0.05) is 30.6 Å². The van der Waals surface area contributed by atoms with Gasteiger partial charge in [0.25, 0.3) is 0 Å². The standard InChI is InChI=1S/C12H15N3O/c1-9(10-7-13-15(2)8-10)14-11-4-3-5-12(16)6-11/h3-9,14,16H,1-2H3. The van der Waals surface area contributed by atoms with E-state index in [1.165, 1.54) is 0 Å². The number of hydrogen-bond donors (Lipinski definition) is 2. The number of phenols is 1. The van der Waals surface area contributed by atoms with Crippen molar-refractivity contribution in [1.29, 1.82) is 0 Å². The van der Waals surface area contributed by atoms with Crippen molar-refractivity contribution in [3.8, 4) is 5.75 Å². The highest BCUT2D eigenvalue weighted by atomic mass is 16.3. The predicted molar refractivity (Wildman–Crippen MR) is 63.4 cm³/mol. The van der Waals surface area contributed by atoms with Gasteiger partial charge >= 0.3 is 0 Å². The molecule has 84 valence electrons. The summed E-state index contributed by atoms with van der Waals surface area (Å²) in [6.07, 6.45) is 3.81. The molecule has 16 heavy (non-hydrogen) atoms. The van der Waals surface area contributed by atoms with Gasteiger partial charge in [-0.15, -0.1) is 0 Å². The number of hydrogen-bond acceptors (Lipinski definition) is 3. The molecule has 2 rings (SSSR count). The largest absolute Gasteiger partial charge is 0.508 e. The van der Waals surface area contributed by atoms with Crippen molar-refractivity contribution in [2.45, 2.75) is 13.0 Å². The number of benzene rings is 1. The lowest BCUT2D eigenvalue weighted by atomic mass is 10.2. The third-order valence-electron chi connectivity index (χ3n) is 2.45. The molecule has 1 unspecified atom stereocenters. The number of aromatic nitrogens is 2. The fourth-order valence-electron chi connectivity index (χ4n) is 1.59. The van der Waals surface area contributed by atoms with Crippen LogP contribution in [0.25, 0.3) is 0 Å². The Kier molecular flexibility index (Phi) is 2.81. The molecule has 0 amide bonds. The molecule has 0 fully saturated rings. The van der Waals surface area contributed by atoms with Crippen molar-refractivity contribution in [3.63, 3.8) is 0 Å². The average Bonchev–Trinajstić information content (AvgIpc) is 2.65. The van der Waals surface area contributed by atoms with Crippen molar-refractivity contribution in [3.05, 3.63) is 42.2 Å². The Bertz CT molecular complexity index is 479. The second-order valence-electron chi connectivity index (χ2n) is 3.86. The van der Waals surface area contributed by atoms with Crippen LogP contribution in [0.2, 0.25) is 0 Å². The van der Waals surface area contributed by atoms with Crippen LogP contribution in [-0.2, 0) is 7.05 Å². The molecule has 1 aromatic carbocycles. The molecule has 2 aromatic rings. The van der Waals surface area contributed by atoms with E-state index in [2.05, 4.69) is 17.3 Å². The lowest BCUT2D eigenvalue weighted by molar-refractivity contribution is 0.475. The maximum Gasteiger partial charge on any atom is 0.117 e. The zero-order valence-electron chi connectivity index (χ0n) is 9.38. The van der Waals surface area contributed by atoms with Crippen LogP contribution in [0.3, 0.4) is 0 Å². The molecular weight excluding hydrogens is 202 g/mol. The number of anilines is 1. The second-order valence-corrected chi connectivity index (χ2v) is 3.86. The molecule has 0 aliphatic carbocycles. The Morgan fingerprint density at radius 2 is 2.25 bits per heavy atom. The van der Waals surface area contributed by atoms with Crippen molar-refractivity contribution in [2.75, 3.05) is 5.32 Å². The van der Waals surface area contributed by atoms with Gasteiger partial charge in [-0.05, 0) is 19.1 Å². The van der Waals surface area contributed by atoms with Gasteiger partial charge in [-0.25, -0.2) is 0 Å². The summed E-state index contributed by atoms with van der Waals surface area (Å²) < 4.78 is 1.77. The van der Waals surface area contributed by atoms with Crippen LogP contribution in [0.4, 0.5) is 5.69 Å². The predicted octanol–water partition coefficient (Wildman–Crippen LogP) is 2.30. The quantitative estimate of drug-likeness (QED) is 0.829. The highest BCUT2D eigenvalue weighted by Crippen LogP contribution is 2.21. The summed E-state index contributed by atoms with van der Waals surface area (Å²) in [5.74, 6) is 0.267. The first-order chi connectivity index (χ1) is 7.65. The molecule has 1 aromatic heterocycles. The summed E-state index contributed by atoms with van der Waals surface area (Å²) in [5, 5.41) is 16.8. The van der Waals surface area contributed by atoms with E-state index in [4.69, 9.17) is 0 Å². The molecule has 0 aliphatic heterocycles. The lowest BCUT2D eigenvalue weighted by Gasteiger charge is -2.13. The van der Waals surface area contributed by atoms with Crippen LogP contribution in [0, 0.1) is 0 Å². The van der Waals surface area contributed by atoms with E-state index >= 15 is 0 Å². The monoisotopic (exact) mass is 217 g/mol. The molecule has 0 saturated carbocycles. The van der Waals surface area contributed by atoms with Crippen LogP contribution >= 0.6 is 0 Å². The fraction of sp³-hybridized carbons (Fsp3) is 0.250. The first kappa shape index (κ1) is 10.5.